The lowest BCUT2D eigenvalue weighted by molar-refractivity contribution is -0.142. The molecule has 0 aromatic carbocycles. The number of thiophene rings is 1. The maximum Gasteiger partial charge on any atom is 0.255 e. The van der Waals surface area contributed by atoms with Crippen LogP contribution >= 0.6 is 11.3 Å². The van der Waals surface area contributed by atoms with E-state index in [1.54, 1.807) is 11.3 Å². The van der Waals surface area contributed by atoms with Crippen LogP contribution in [0.4, 0.5) is 0 Å². The van der Waals surface area contributed by atoms with E-state index in [4.69, 9.17) is 9.72 Å². The number of H-pyrrole nitrogens is 1. The number of nitrogens with zero attached hydrogens (tertiary/aromatic N) is 3. The molecule has 8 heteroatoms. The first-order valence-electron chi connectivity index (χ1n) is 10.9. The average molecular weight is 429 g/mol. The summed E-state index contributed by atoms with van der Waals surface area (Å²) in [5.41, 5.74) is 1.71. The minimum Gasteiger partial charge on any atom is -0.368 e. The number of nitrogens with one attached hydrogen (secondary N) is 1. The summed E-state index contributed by atoms with van der Waals surface area (Å²) in [5, 5.41) is 2.09. The molecule has 0 radical (unpaired) electrons. The number of aromatic amines is 1. The Hall–Kier alpha value is -2.03. The zero-order chi connectivity index (χ0) is 20.5. The summed E-state index contributed by atoms with van der Waals surface area (Å²) in [7, 11) is 0. The second-order valence-corrected chi connectivity index (χ2v) is 9.57. The third kappa shape index (κ3) is 4.08. The molecule has 2 saturated heterocycles. The predicted octanol–water partition coefficient (Wildman–Crippen LogP) is 2.27. The number of aromatic nitrogens is 2. The van der Waals surface area contributed by atoms with Gasteiger partial charge in [0.1, 0.15) is 11.9 Å². The van der Waals surface area contributed by atoms with Crippen molar-refractivity contribution in [2.24, 2.45) is 0 Å². The van der Waals surface area contributed by atoms with Crippen LogP contribution in [0.25, 0.3) is 0 Å². The Morgan fingerprint density at radius 2 is 2.23 bits per heavy atom. The van der Waals surface area contributed by atoms with Crippen molar-refractivity contribution in [3.63, 3.8) is 0 Å². The maximum absolute atomic E-state index is 12.9. The molecule has 0 spiro atoms. The van der Waals surface area contributed by atoms with Crippen molar-refractivity contribution >= 4 is 17.2 Å². The van der Waals surface area contributed by atoms with E-state index in [0.717, 1.165) is 68.8 Å². The topological polar surface area (TPSA) is 78.5 Å². The summed E-state index contributed by atoms with van der Waals surface area (Å²) < 4.78 is 5.58. The van der Waals surface area contributed by atoms with Crippen LogP contribution in [0.15, 0.2) is 22.3 Å². The van der Waals surface area contributed by atoms with Gasteiger partial charge >= 0.3 is 0 Å². The first kappa shape index (κ1) is 19.9. The van der Waals surface area contributed by atoms with E-state index in [2.05, 4.69) is 27.4 Å². The highest BCUT2D eigenvalue weighted by molar-refractivity contribution is 7.09. The SMILES string of the molecule is O=C(C1CCCO1)N1CCCC(c2nc3c(c(=O)[nH]2)CN(Cc2cccs2)CC3)C1. The maximum atomic E-state index is 12.9. The van der Waals surface area contributed by atoms with Crippen molar-refractivity contribution in [2.75, 3.05) is 26.2 Å². The molecular weight excluding hydrogens is 400 g/mol. The van der Waals surface area contributed by atoms with E-state index in [-0.39, 0.29) is 23.5 Å². The highest BCUT2D eigenvalue weighted by atomic mass is 32.1. The quantitative estimate of drug-likeness (QED) is 0.808. The number of carbonyl (C=O) groups is 1. The minimum atomic E-state index is -0.284. The van der Waals surface area contributed by atoms with Crippen molar-refractivity contribution in [3.8, 4) is 0 Å². The number of hydrogen-bond donors (Lipinski definition) is 1. The number of fused-ring (bicyclic) bond motifs is 1. The van der Waals surface area contributed by atoms with Gasteiger partial charge in [0.2, 0.25) is 0 Å². The van der Waals surface area contributed by atoms with Crippen LogP contribution in [0.2, 0.25) is 0 Å². The van der Waals surface area contributed by atoms with Crippen LogP contribution < -0.4 is 5.56 Å². The number of hydrogen-bond acceptors (Lipinski definition) is 6. The smallest absolute Gasteiger partial charge is 0.255 e. The molecule has 0 saturated carbocycles. The summed E-state index contributed by atoms with van der Waals surface area (Å²) in [6.07, 6.45) is 4.16. The van der Waals surface area contributed by atoms with Gasteiger partial charge in [0.05, 0.1) is 11.3 Å². The van der Waals surface area contributed by atoms with Crippen LogP contribution in [-0.2, 0) is 29.0 Å². The van der Waals surface area contributed by atoms with Crippen molar-refractivity contribution < 1.29 is 9.53 Å². The van der Waals surface area contributed by atoms with Gasteiger partial charge in [-0.25, -0.2) is 4.98 Å². The molecule has 160 valence electrons. The van der Waals surface area contributed by atoms with E-state index >= 15 is 0 Å². The van der Waals surface area contributed by atoms with Crippen LogP contribution in [0, 0.1) is 0 Å². The molecule has 2 aromatic rings. The lowest BCUT2D eigenvalue weighted by atomic mass is 9.95. The molecule has 2 atom stereocenters. The minimum absolute atomic E-state index is 0.0199. The molecule has 7 nitrogen and oxygen atoms in total. The van der Waals surface area contributed by atoms with E-state index < -0.39 is 0 Å². The molecular formula is C22H28N4O3S. The molecule has 2 unspecified atom stereocenters. The molecule has 5 rings (SSSR count). The number of piperidine rings is 1. The Morgan fingerprint density at radius 1 is 1.30 bits per heavy atom. The molecule has 2 fully saturated rings. The van der Waals surface area contributed by atoms with Gasteiger partial charge in [0.15, 0.2) is 0 Å². The van der Waals surface area contributed by atoms with Gasteiger partial charge in [-0.15, -0.1) is 11.3 Å². The number of rotatable bonds is 4. The Kier molecular flexibility index (Phi) is 5.71. The van der Waals surface area contributed by atoms with Crippen LogP contribution in [-0.4, -0.2) is 58.0 Å². The fraction of sp³-hybridized carbons (Fsp3) is 0.591. The molecule has 1 amide bonds. The number of carbonyl (C=O) groups excluding carboxylic acids is 1. The Bertz CT molecular complexity index is 952. The molecule has 0 bridgehead atoms. The highest BCUT2D eigenvalue weighted by Crippen LogP contribution is 2.27. The zero-order valence-electron chi connectivity index (χ0n) is 17.1. The first-order valence-corrected chi connectivity index (χ1v) is 11.8. The fourth-order valence-corrected chi connectivity index (χ4v) is 5.57. The Labute approximate surface area is 180 Å². The normalized spacial score (nSPS) is 24.7. The molecule has 0 aliphatic carbocycles. The Morgan fingerprint density at radius 3 is 3.03 bits per heavy atom. The summed E-state index contributed by atoms with van der Waals surface area (Å²) in [6, 6.07) is 4.20. The van der Waals surface area contributed by atoms with Gasteiger partial charge < -0.3 is 14.6 Å². The summed E-state index contributed by atoms with van der Waals surface area (Å²) >= 11 is 1.75. The van der Waals surface area contributed by atoms with E-state index in [9.17, 15) is 9.59 Å². The molecule has 2 aromatic heterocycles. The molecule has 3 aliphatic rings. The van der Waals surface area contributed by atoms with Gasteiger partial charge in [-0.2, -0.15) is 0 Å². The molecule has 30 heavy (non-hydrogen) atoms. The third-order valence-electron chi connectivity index (χ3n) is 6.45. The number of amides is 1. The first-order chi connectivity index (χ1) is 14.7. The number of likely N-dealkylation sites (tertiary alicyclic amines) is 1. The van der Waals surface area contributed by atoms with Gasteiger partial charge in [-0.3, -0.25) is 14.5 Å². The van der Waals surface area contributed by atoms with E-state index in [0.29, 0.717) is 19.7 Å². The van der Waals surface area contributed by atoms with Crippen LogP contribution in [0.3, 0.4) is 0 Å². The largest absolute Gasteiger partial charge is 0.368 e. The lowest BCUT2D eigenvalue weighted by Crippen LogP contribution is -2.45. The standard InChI is InChI=1S/C22H28N4O3S/c27-21-17-14-25(13-16-5-3-11-30-16)9-7-18(17)23-20(24-21)15-4-1-8-26(12-15)22(28)19-6-2-10-29-19/h3,5,11,15,19H,1-2,4,6-10,12-14H2,(H,23,24,27). The summed E-state index contributed by atoms with van der Waals surface area (Å²) in [4.78, 5) is 39.1. The monoisotopic (exact) mass is 428 g/mol. The Balaban J connectivity index is 1.29. The van der Waals surface area contributed by atoms with Crippen LogP contribution in [0.5, 0.6) is 0 Å². The lowest BCUT2D eigenvalue weighted by Gasteiger charge is -2.34. The number of ether oxygens (including phenoxy) is 1. The third-order valence-corrected chi connectivity index (χ3v) is 7.31. The average Bonchev–Trinajstić information content (AvgIpc) is 3.48. The van der Waals surface area contributed by atoms with Gasteiger partial charge in [0.25, 0.3) is 11.5 Å². The van der Waals surface area contributed by atoms with Crippen molar-refractivity contribution in [3.05, 3.63) is 49.8 Å². The van der Waals surface area contributed by atoms with Gasteiger partial charge in [-0.1, -0.05) is 6.07 Å². The van der Waals surface area contributed by atoms with Gasteiger partial charge in [0, 0.05) is 56.5 Å². The van der Waals surface area contributed by atoms with Crippen molar-refractivity contribution in [1.29, 1.82) is 0 Å². The van der Waals surface area contributed by atoms with Gasteiger partial charge in [-0.05, 0) is 37.1 Å². The predicted molar refractivity (Wildman–Crippen MR) is 115 cm³/mol. The second-order valence-electron chi connectivity index (χ2n) is 8.54. The van der Waals surface area contributed by atoms with Crippen molar-refractivity contribution in [2.45, 2.75) is 57.2 Å². The molecule has 5 heterocycles. The second kappa shape index (κ2) is 8.61. The van der Waals surface area contributed by atoms with E-state index in [1.807, 2.05) is 4.90 Å². The van der Waals surface area contributed by atoms with E-state index in [1.165, 1.54) is 4.88 Å². The van der Waals surface area contributed by atoms with Crippen molar-refractivity contribution in [1.82, 2.24) is 19.8 Å². The van der Waals surface area contributed by atoms with Crippen LogP contribution in [0.1, 0.15) is 53.6 Å². The summed E-state index contributed by atoms with van der Waals surface area (Å²) in [5.74, 6) is 0.934. The highest BCUT2D eigenvalue weighted by Gasteiger charge is 2.33. The fourth-order valence-electron chi connectivity index (χ4n) is 4.83. The molecule has 1 N–H and O–H groups in total. The summed E-state index contributed by atoms with van der Waals surface area (Å²) in [6.45, 7) is 4.49. The zero-order valence-corrected chi connectivity index (χ0v) is 18.0. The molecule has 3 aliphatic heterocycles.